The predicted octanol–water partition coefficient (Wildman–Crippen LogP) is 3.24. The highest BCUT2D eigenvalue weighted by Crippen LogP contribution is 2.29. The maximum Gasteiger partial charge on any atom is 0.321 e. The molecule has 0 aliphatic carbocycles. The summed E-state index contributed by atoms with van der Waals surface area (Å²) >= 11 is 3.14. The topological polar surface area (TPSA) is 30.7 Å². The van der Waals surface area contributed by atoms with Gasteiger partial charge in [-0.3, -0.25) is 4.57 Å². The van der Waals surface area contributed by atoms with Gasteiger partial charge in [0.15, 0.2) is 5.82 Å². The zero-order valence-corrected chi connectivity index (χ0v) is 9.33. The van der Waals surface area contributed by atoms with Crippen molar-refractivity contribution in [1.29, 1.82) is 0 Å². The minimum Gasteiger partial charge on any atom is -0.255 e. The average Bonchev–Trinajstić information content (AvgIpc) is 2.70. The molecule has 0 spiro atoms. The molecule has 1 aromatic carbocycles. The smallest absolute Gasteiger partial charge is 0.255 e. The second kappa shape index (κ2) is 4.25. The Morgan fingerprint density at radius 3 is 2.75 bits per heavy atom. The van der Waals surface area contributed by atoms with Crippen LogP contribution in [0.1, 0.15) is 6.55 Å². The maximum absolute atomic E-state index is 13.0. The van der Waals surface area contributed by atoms with E-state index in [0.717, 1.165) is 12.4 Å². The van der Waals surface area contributed by atoms with E-state index in [1.54, 1.807) is 0 Å². The van der Waals surface area contributed by atoms with E-state index >= 15 is 0 Å². The van der Waals surface area contributed by atoms with E-state index in [1.807, 2.05) is 0 Å². The van der Waals surface area contributed by atoms with Crippen LogP contribution in [-0.4, -0.2) is 14.8 Å². The summed E-state index contributed by atoms with van der Waals surface area (Å²) in [6, 6.07) is 3.76. The van der Waals surface area contributed by atoms with Gasteiger partial charge in [-0.2, -0.15) is 8.78 Å². The number of hydrogen-bond acceptors (Lipinski definition) is 2. The lowest BCUT2D eigenvalue weighted by molar-refractivity contribution is 0.0716. The van der Waals surface area contributed by atoms with Crippen LogP contribution in [0.3, 0.4) is 0 Å². The third-order valence-electron chi connectivity index (χ3n) is 1.95. The molecule has 0 saturated carbocycles. The van der Waals surface area contributed by atoms with Crippen LogP contribution >= 0.6 is 15.9 Å². The van der Waals surface area contributed by atoms with Crippen LogP contribution < -0.4 is 0 Å². The molecule has 0 atom stereocenters. The summed E-state index contributed by atoms with van der Waals surface area (Å²) in [5.41, 5.74) is 0.234. The number of hydrogen-bond donors (Lipinski definition) is 0. The standard InChI is InChI=1S/C9H5BrF3N3/c10-7-2-1-5(11)3-6(7)8-15-14-4-16(8)9(12)13/h1-4,9H. The molecule has 0 aliphatic rings. The molecular weight excluding hydrogens is 287 g/mol. The molecule has 0 bridgehead atoms. The van der Waals surface area contributed by atoms with Crippen molar-refractivity contribution in [2.45, 2.75) is 6.55 Å². The van der Waals surface area contributed by atoms with E-state index in [-0.39, 0.29) is 11.4 Å². The molecule has 3 nitrogen and oxygen atoms in total. The number of halogens is 4. The second-order valence-electron chi connectivity index (χ2n) is 2.96. The minimum atomic E-state index is -2.76. The van der Waals surface area contributed by atoms with Gasteiger partial charge in [-0.25, -0.2) is 4.39 Å². The molecule has 0 fully saturated rings. The first kappa shape index (κ1) is 11.1. The van der Waals surface area contributed by atoms with E-state index in [4.69, 9.17) is 0 Å². The highest BCUT2D eigenvalue weighted by atomic mass is 79.9. The Morgan fingerprint density at radius 2 is 2.06 bits per heavy atom. The number of benzene rings is 1. The lowest BCUT2D eigenvalue weighted by Gasteiger charge is -2.06. The second-order valence-corrected chi connectivity index (χ2v) is 3.82. The highest BCUT2D eigenvalue weighted by Gasteiger charge is 2.16. The van der Waals surface area contributed by atoms with Gasteiger partial charge >= 0.3 is 6.55 Å². The molecule has 0 amide bonds. The van der Waals surface area contributed by atoms with Gasteiger partial charge in [0.1, 0.15) is 12.1 Å². The zero-order chi connectivity index (χ0) is 11.7. The van der Waals surface area contributed by atoms with Gasteiger partial charge in [0.25, 0.3) is 0 Å². The third kappa shape index (κ3) is 1.95. The first-order valence-electron chi connectivity index (χ1n) is 4.22. The molecule has 0 radical (unpaired) electrons. The molecule has 16 heavy (non-hydrogen) atoms. The van der Waals surface area contributed by atoms with Crippen molar-refractivity contribution in [2.24, 2.45) is 0 Å². The Labute approximate surface area is 97.0 Å². The highest BCUT2D eigenvalue weighted by molar-refractivity contribution is 9.10. The van der Waals surface area contributed by atoms with Crippen molar-refractivity contribution < 1.29 is 13.2 Å². The molecule has 7 heteroatoms. The molecule has 0 unspecified atom stereocenters. The molecule has 0 aliphatic heterocycles. The number of alkyl halides is 2. The summed E-state index contributed by atoms with van der Waals surface area (Å²) in [6.07, 6.45) is 0.900. The van der Waals surface area contributed by atoms with Crippen LogP contribution in [0, 0.1) is 5.82 Å². The SMILES string of the molecule is Fc1ccc(Br)c(-c2nncn2C(F)F)c1. The van der Waals surface area contributed by atoms with Gasteiger partial charge in [0.05, 0.1) is 0 Å². The summed E-state index contributed by atoms with van der Waals surface area (Å²) in [5, 5.41) is 6.93. The number of nitrogens with zero attached hydrogens (tertiary/aromatic N) is 3. The Bertz CT molecular complexity index is 512. The summed E-state index contributed by atoms with van der Waals surface area (Å²) < 4.78 is 39.2. The monoisotopic (exact) mass is 291 g/mol. The van der Waals surface area contributed by atoms with Crippen molar-refractivity contribution in [3.63, 3.8) is 0 Å². The molecule has 2 rings (SSSR count). The largest absolute Gasteiger partial charge is 0.321 e. The van der Waals surface area contributed by atoms with Crippen LogP contribution in [0.15, 0.2) is 29.0 Å². The van der Waals surface area contributed by atoms with Crippen molar-refractivity contribution in [2.75, 3.05) is 0 Å². The molecule has 0 N–H and O–H groups in total. The fraction of sp³-hybridized carbons (Fsp3) is 0.111. The lowest BCUT2D eigenvalue weighted by atomic mass is 10.2. The maximum atomic E-state index is 13.0. The molecule has 1 heterocycles. The van der Waals surface area contributed by atoms with Crippen LogP contribution in [0.2, 0.25) is 0 Å². The Hall–Kier alpha value is -1.37. The first-order chi connectivity index (χ1) is 7.59. The summed E-state index contributed by atoms with van der Waals surface area (Å²) in [5.74, 6) is -0.608. The van der Waals surface area contributed by atoms with Crippen molar-refractivity contribution in [3.8, 4) is 11.4 Å². The van der Waals surface area contributed by atoms with Crippen LogP contribution in [0.5, 0.6) is 0 Å². The average molecular weight is 292 g/mol. The normalized spacial score (nSPS) is 11.1. The van der Waals surface area contributed by atoms with Gasteiger partial charge in [0.2, 0.25) is 0 Å². The fourth-order valence-electron chi connectivity index (χ4n) is 1.25. The first-order valence-corrected chi connectivity index (χ1v) is 5.02. The fourth-order valence-corrected chi connectivity index (χ4v) is 1.67. The molecule has 2 aromatic rings. The van der Waals surface area contributed by atoms with E-state index in [9.17, 15) is 13.2 Å². The van der Waals surface area contributed by atoms with E-state index < -0.39 is 12.4 Å². The Balaban J connectivity index is 2.58. The van der Waals surface area contributed by atoms with E-state index in [0.29, 0.717) is 9.04 Å². The lowest BCUT2D eigenvalue weighted by Crippen LogP contribution is -2.00. The molecule has 84 valence electrons. The van der Waals surface area contributed by atoms with Gasteiger partial charge in [-0.1, -0.05) is 15.9 Å². The van der Waals surface area contributed by atoms with Gasteiger partial charge in [-0.15, -0.1) is 10.2 Å². The van der Waals surface area contributed by atoms with Gasteiger partial charge in [-0.05, 0) is 18.2 Å². The third-order valence-corrected chi connectivity index (χ3v) is 2.64. The Kier molecular flexibility index (Phi) is 2.95. The van der Waals surface area contributed by atoms with Crippen molar-refractivity contribution >= 4 is 15.9 Å². The number of rotatable bonds is 2. The van der Waals surface area contributed by atoms with Crippen molar-refractivity contribution in [3.05, 3.63) is 34.8 Å². The predicted molar refractivity (Wildman–Crippen MR) is 54.4 cm³/mol. The summed E-state index contributed by atoms with van der Waals surface area (Å²) in [4.78, 5) is 0. The van der Waals surface area contributed by atoms with Crippen LogP contribution in [0.4, 0.5) is 13.2 Å². The van der Waals surface area contributed by atoms with Crippen LogP contribution in [0.25, 0.3) is 11.4 Å². The molecular formula is C9H5BrF3N3. The summed E-state index contributed by atoms with van der Waals surface area (Å²) in [6.45, 7) is -2.76. The Morgan fingerprint density at radius 1 is 1.31 bits per heavy atom. The van der Waals surface area contributed by atoms with E-state index in [1.165, 1.54) is 12.1 Å². The molecule has 1 aromatic heterocycles. The summed E-state index contributed by atoms with van der Waals surface area (Å²) in [7, 11) is 0. The molecule has 0 saturated heterocycles. The zero-order valence-electron chi connectivity index (χ0n) is 7.74. The minimum absolute atomic E-state index is 0.0821. The van der Waals surface area contributed by atoms with Crippen molar-refractivity contribution in [1.82, 2.24) is 14.8 Å². The van der Waals surface area contributed by atoms with Crippen LogP contribution in [-0.2, 0) is 0 Å². The van der Waals surface area contributed by atoms with Gasteiger partial charge in [0, 0.05) is 10.0 Å². The quantitative estimate of drug-likeness (QED) is 0.850. The van der Waals surface area contributed by atoms with Gasteiger partial charge < -0.3 is 0 Å². The number of aromatic nitrogens is 3. The van der Waals surface area contributed by atoms with E-state index in [2.05, 4.69) is 26.1 Å².